The van der Waals surface area contributed by atoms with Crippen LogP contribution in [0.4, 0.5) is 4.39 Å². The predicted molar refractivity (Wildman–Crippen MR) is 62.3 cm³/mol. The van der Waals surface area contributed by atoms with Gasteiger partial charge < -0.3 is 5.11 Å². The molecule has 1 heterocycles. The highest BCUT2D eigenvalue weighted by molar-refractivity contribution is 9.10. The lowest BCUT2D eigenvalue weighted by Crippen LogP contribution is -2.03. The summed E-state index contributed by atoms with van der Waals surface area (Å²) < 4.78 is 15.9. The van der Waals surface area contributed by atoms with Crippen molar-refractivity contribution in [2.45, 2.75) is 6.61 Å². The van der Waals surface area contributed by atoms with Gasteiger partial charge in [-0.05, 0) is 30.4 Å². The number of benzene rings is 1. The Hall–Kier alpha value is -1.05. The molecule has 0 atom stereocenters. The summed E-state index contributed by atoms with van der Waals surface area (Å²) in [4.78, 5) is 0. The third kappa shape index (κ3) is 1.93. The number of nitrogens with one attached hydrogen (secondary N) is 1. The van der Waals surface area contributed by atoms with Crippen molar-refractivity contribution in [1.29, 1.82) is 0 Å². The molecular weight excluding hydrogens is 297 g/mol. The number of halogens is 2. The number of hydrogen-bond acceptors (Lipinski definition) is 3. The van der Waals surface area contributed by atoms with Crippen LogP contribution < -0.4 is 0 Å². The molecule has 7 heteroatoms. The first-order valence-electron chi connectivity index (χ1n) is 4.36. The van der Waals surface area contributed by atoms with Crippen molar-refractivity contribution in [1.82, 2.24) is 14.8 Å². The van der Waals surface area contributed by atoms with Crippen molar-refractivity contribution in [3.8, 4) is 5.69 Å². The molecule has 0 aliphatic rings. The number of aromatic amines is 1. The fraction of sp³-hybridized carbons (Fsp3) is 0.111. The van der Waals surface area contributed by atoms with Crippen LogP contribution >= 0.6 is 28.1 Å². The Morgan fingerprint density at radius 3 is 2.94 bits per heavy atom. The van der Waals surface area contributed by atoms with Gasteiger partial charge in [0.1, 0.15) is 12.4 Å². The summed E-state index contributed by atoms with van der Waals surface area (Å²) in [5.74, 6) is -0.173. The lowest BCUT2D eigenvalue weighted by molar-refractivity contribution is 0.268. The van der Waals surface area contributed by atoms with E-state index in [4.69, 9.17) is 17.3 Å². The molecule has 84 valence electrons. The van der Waals surface area contributed by atoms with Crippen molar-refractivity contribution >= 4 is 28.1 Å². The summed E-state index contributed by atoms with van der Waals surface area (Å²) in [5.41, 5.74) is 0.256. The Morgan fingerprint density at radius 2 is 2.31 bits per heavy atom. The van der Waals surface area contributed by atoms with Crippen molar-refractivity contribution in [3.05, 3.63) is 39.1 Å². The van der Waals surface area contributed by atoms with Crippen molar-refractivity contribution in [2.75, 3.05) is 0 Å². The predicted octanol–water partition coefficient (Wildman–Crippen LogP) is 2.32. The molecular formula is C9H7BrFN3OS. The second-order valence-corrected chi connectivity index (χ2v) is 4.34. The Balaban J connectivity index is 2.67. The van der Waals surface area contributed by atoms with Gasteiger partial charge in [-0.2, -0.15) is 5.10 Å². The molecule has 1 aromatic carbocycles. The van der Waals surface area contributed by atoms with Crippen LogP contribution in [0.1, 0.15) is 5.82 Å². The number of H-pyrrole nitrogens is 1. The van der Waals surface area contributed by atoms with E-state index in [0.29, 0.717) is 4.47 Å². The van der Waals surface area contributed by atoms with Gasteiger partial charge >= 0.3 is 0 Å². The highest BCUT2D eigenvalue weighted by atomic mass is 79.9. The average Bonchev–Trinajstić information content (AvgIpc) is 2.60. The first-order valence-corrected chi connectivity index (χ1v) is 5.56. The van der Waals surface area contributed by atoms with Gasteiger partial charge in [-0.3, -0.25) is 9.67 Å². The van der Waals surface area contributed by atoms with Crippen LogP contribution in [0.25, 0.3) is 5.69 Å². The van der Waals surface area contributed by atoms with E-state index < -0.39 is 5.82 Å². The number of aromatic nitrogens is 3. The normalized spacial score (nSPS) is 10.7. The van der Waals surface area contributed by atoms with Gasteiger partial charge in [-0.25, -0.2) is 4.39 Å². The molecule has 0 fully saturated rings. The number of aliphatic hydroxyl groups is 1. The Bertz CT molecular complexity index is 580. The number of rotatable bonds is 2. The van der Waals surface area contributed by atoms with Crippen LogP contribution in [0, 0.1) is 10.6 Å². The van der Waals surface area contributed by atoms with E-state index in [1.165, 1.54) is 10.6 Å². The average molecular weight is 304 g/mol. The monoisotopic (exact) mass is 303 g/mol. The first kappa shape index (κ1) is 11.4. The van der Waals surface area contributed by atoms with Crippen LogP contribution in [-0.4, -0.2) is 19.9 Å². The Labute approximate surface area is 104 Å². The van der Waals surface area contributed by atoms with E-state index in [9.17, 15) is 4.39 Å². The Morgan fingerprint density at radius 1 is 1.56 bits per heavy atom. The highest BCUT2D eigenvalue weighted by Crippen LogP contribution is 2.20. The van der Waals surface area contributed by atoms with Gasteiger partial charge in [0.25, 0.3) is 0 Å². The second-order valence-electron chi connectivity index (χ2n) is 3.03. The smallest absolute Gasteiger partial charge is 0.200 e. The topological polar surface area (TPSA) is 53.8 Å². The maximum Gasteiger partial charge on any atom is 0.200 e. The molecule has 0 radical (unpaired) electrons. The quantitative estimate of drug-likeness (QED) is 0.837. The van der Waals surface area contributed by atoms with Crippen LogP contribution in [0.2, 0.25) is 0 Å². The van der Waals surface area contributed by atoms with Gasteiger partial charge in [-0.1, -0.05) is 15.9 Å². The van der Waals surface area contributed by atoms with Crippen LogP contribution in [0.15, 0.2) is 22.7 Å². The minimum absolute atomic E-state index is 0.241. The molecule has 0 bridgehead atoms. The lowest BCUT2D eigenvalue weighted by atomic mass is 10.3. The third-order valence-electron chi connectivity index (χ3n) is 2.03. The summed E-state index contributed by atoms with van der Waals surface area (Å²) in [7, 11) is 0. The van der Waals surface area contributed by atoms with E-state index in [2.05, 4.69) is 26.1 Å². The molecule has 1 aromatic heterocycles. The molecule has 0 spiro atoms. The van der Waals surface area contributed by atoms with Gasteiger partial charge in [0, 0.05) is 4.47 Å². The number of aliphatic hydroxyl groups excluding tert-OH is 1. The van der Waals surface area contributed by atoms with E-state index in [1.54, 1.807) is 12.1 Å². The van der Waals surface area contributed by atoms with Crippen molar-refractivity contribution in [2.24, 2.45) is 0 Å². The zero-order chi connectivity index (χ0) is 11.7. The molecule has 2 N–H and O–H groups in total. The van der Waals surface area contributed by atoms with Gasteiger partial charge in [0.2, 0.25) is 0 Å². The highest BCUT2D eigenvalue weighted by Gasteiger charge is 2.11. The van der Waals surface area contributed by atoms with Crippen molar-refractivity contribution in [3.63, 3.8) is 0 Å². The molecule has 4 nitrogen and oxygen atoms in total. The summed E-state index contributed by atoms with van der Waals surface area (Å²) in [6, 6.07) is 4.57. The molecule has 0 aliphatic carbocycles. The summed E-state index contributed by atoms with van der Waals surface area (Å²) in [6.45, 7) is -0.317. The minimum Gasteiger partial charge on any atom is -0.388 e. The SMILES string of the molecule is OCc1n[nH]c(=S)n1-c1ccc(Br)cc1F. The molecule has 2 aromatic rings. The minimum atomic E-state index is -0.443. The molecule has 0 aliphatic heterocycles. The summed E-state index contributed by atoms with van der Waals surface area (Å²) >= 11 is 8.13. The molecule has 0 saturated carbocycles. The van der Waals surface area contributed by atoms with Gasteiger partial charge in [-0.15, -0.1) is 0 Å². The fourth-order valence-electron chi connectivity index (χ4n) is 1.35. The van der Waals surface area contributed by atoms with Gasteiger partial charge in [0.05, 0.1) is 5.69 Å². The maximum absolute atomic E-state index is 13.7. The molecule has 0 saturated heterocycles. The maximum atomic E-state index is 13.7. The third-order valence-corrected chi connectivity index (χ3v) is 2.80. The number of nitrogens with zero attached hydrogens (tertiary/aromatic N) is 2. The molecule has 2 rings (SSSR count). The lowest BCUT2D eigenvalue weighted by Gasteiger charge is -2.06. The zero-order valence-corrected chi connectivity index (χ0v) is 10.3. The largest absolute Gasteiger partial charge is 0.388 e. The van der Waals surface area contributed by atoms with E-state index in [-0.39, 0.29) is 22.9 Å². The zero-order valence-electron chi connectivity index (χ0n) is 7.94. The first-order chi connectivity index (χ1) is 7.63. The van der Waals surface area contributed by atoms with E-state index >= 15 is 0 Å². The van der Waals surface area contributed by atoms with E-state index in [1.807, 2.05) is 0 Å². The Kier molecular flexibility index (Phi) is 3.17. The van der Waals surface area contributed by atoms with Crippen LogP contribution in [-0.2, 0) is 6.61 Å². The van der Waals surface area contributed by atoms with Crippen LogP contribution in [0.5, 0.6) is 0 Å². The van der Waals surface area contributed by atoms with E-state index in [0.717, 1.165) is 0 Å². The molecule has 0 unspecified atom stereocenters. The van der Waals surface area contributed by atoms with Crippen LogP contribution in [0.3, 0.4) is 0 Å². The summed E-state index contributed by atoms with van der Waals surface area (Å²) in [5, 5.41) is 15.4. The van der Waals surface area contributed by atoms with Gasteiger partial charge in [0.15, 0.2) is 10.6 Å². The number of hydrogen-bond donors (Lipinski definition) is 2. The fourth-order valence-corrected chi connectivity index (χ4v) is 1.93. The standard InChI is InChI=1S/C9H7BrFN3OS/c10-5-1-2-7(6(11)3-5)14-8(4-15)12-13-9(14)16/h1-3,15H,4H2,(H,13,16). The summed E-state index contributed by atoms with van der Waals surface area (Å²) in [6.07, 6.45) is 0. The molecule has 16 heavy (non-hydrogen) atoms. The van der Waals surface area contributed by atoms with Crippen molar-refractivity contribution < 1.29 is 9.50 Å². The second kappa shape index (κ2) is 4.44. The molecule has 0 amide bonds.